The van der Waals surface area contributed by atoms with Gasteiger partial charge in [0.1, 0.15) is 0 Å². The highest BCUT2D eigenvalue weighted by Gasteiger charge is 2.17. The zero-order valence-electron chi connectivity index (χ0n) is 8.02. The Balaban J connectivity index is 3.33. The van der Waals surface area contributed by atoms with Crippen LogP contribution in [0.15, 0.2) is 17.2 Å². The van der Waals surface area contributed by atoms with Crippen molar-refractivity contribution in [3.63, 3.8) is 0 Å². The van der Waals surface area contributed by atoms with Gasteiger partial charge in [-0.1, -0.05) is 6.92 Å². The lowest BCUT2D eigenvalue weighted by atomic mass is 10.4. The predicted molar refractivity (Wildman–Crippen MR) is 52.9 cm³/mol. The van der Waals surface area contributed by atoms with Gasteiger partial charge in [0.25, 0.3) is 0 Å². The molecule has 1 heterocycles. The number of sulfone groups is 1. The Hall–Kier alpha value is -1.30. The minimum atomic E-state index is -3.38. The van der Waals surface area contributed by atoms with Crippen molar-refractivity contribution in [1.29, 1.82) is 0 Å². The van der Waals surface area contributed by atoms with Gasteiger partial charge in [0.2, 0.25) is 5.88 Å². The van der Waals surface area contributed by atoms with Crippen LogP contribution in [-0.2, 0) is 9.84 Å². The first kappa shape index (κ1) is 10.8. The van der Waals surface area contributed by atoms with Gasteiger partial charge in [-0.15, -0.1) is 0 Å². The first-order valence-corrected chi connectivity index (χ1v) is 5.69. The fourth-order valence-electron chi connectivity index (χ4n) is 0.934. The summed E-state index contributed by atoms with van der Waals surface area (Å²) in [6, 6.07) is 2.98. The number of methoxy groups -OCH3 is 1. The summed E-state index contributed by atoms with van der Waals surface area (Å²) in [5.74, 6) is 0.211. The topological polar surface area (TPSA) is 82.3 Å². The average molecular weight is 216 g/mol. The van der Waals surface area contributed by atoms with Crippen LogP contribution in [-0.4, -0.2) is 26.3 Å². The summed E-state index contributed by atoms with van der Waals surface area (Å²) in [4.78, 5) is 3.80. The van der Waals surface area contributed by atoms with Crippen molar-refractivity contribution in [1.82, 2.24) is 4.98 Å². The molecule has 0 unspecified atom stereocenters. The molecule has 0 aliphatic carbocycles. The average Bonchev–Trinajstić information content (AvgIpc) is 2.18. The molecular formula is C8H12N2O3S. The standard InChI is InChI=1S/C8H12N2O3S/c1-3-14(11,12)8-6(9)4-5-7(10-8)13-2/h4-5H,3,9H2,1-2H3. The van der Waals surface area contributed by atoms with Crippen molar-refractivity contribution in [3.8, 4) is 5.88 Å². The van der Waals surface area contributed by atoms with E-state index in [1.54, 1.807) is 0 Å². The van der Waals surface area contributed by atoms with Crippen LogP contribution >= 0.6 is 0 Å². The van der Waals surface area contributed by atoms with Crippen molar-refractivity contribution in [2.24, 2.45) is 0 Å². The summed E-state index contributed by atoms with van der Waals surface area (Å²) in [6.07, 6.45) is 0. The van der Waals surface area contributed by atoms with Crippen LogP contribution in [0.2, 0.25) is 0 Å². The quantitative estimate of drug-likeness (QED) is 0.794. The van der Waals surface area contributed by atoms with Crippen molar-refractivity contribution in [2.45, 2.75) is 11.9 Å². The maximum absolute atomic E-state index is 11.5. The summed E-state index contributed by atoms with van der Waals surface area (Å²) in [7, 11) is -1.96. The molecule has 14 heavy (non-hydrogen) atoms. The van der Waals surface area contributed by atoms with Crippen LogP contribution in [0.25, 0.3) is 0 Å². The SMILES string of the molecule is CCS(=O)(=O)c1nc(OC)ccc1N. The van der Waals surface area contributed by atoms with Gasteiger partial charge in [-0.3, -0.25) is 0 Å². The smallest absolute Gasteiger partial charge is 0.214 e. The van der Waals surface area contributed by atoms with Gasteiger partial charge in [-0.2, -0.15) is 4.98 Å². The largest absolute Gasteiger partial charge is 0.481 e. The molecule has 2 N–H and O–H groups in total. The summed E-state index contributed by atoms with van der Waals surface area (Å²) in [6.45, 7) is 1.54. The molecule has 0 spiro atoms. The Morgan fingerprint density at radius 1 is 1.50 bits per heavy atom. The van der Waals surface area contributed by atoms with E-state index in [1.807, 2.05) is 0 Å². The third-order valence-corrected chi connectivity index (χ3v) is 3.42. The highest BCUT2D eigenvalue weighted by Crippen LogP contribution is 2.20. The number of nitrogen functional groups attached to an aromatic ring is 1. The zero-order valence-corrected chi connectivity index (χ0v) is 8.84. The Morgan fingerprint density at radius 3 is 2.64 bits per heavy atom. The van der Waals surface area contributed by atoms with E-state index in [9.17, 15) is 8.42 Å². The molecule has 6 heteroatoms. The second-order valence-corrected chi connectivity index (χ2v) is 4.84. The van der Waals surface area contributed by atoms with Gasteiger partial charge < -0.3 is 10.5 Å². The van der Waals surface area contributed by atoms with Crippen LogP contribution in [0.3, 0.4) is 0 Å². The van der Waals surface area contributed by atoms with E-state index in [4.69, 9.17) is 10.5 Å². The van der Waals surface area contributed by atoms with E-state index in [1.165, 1.54) is 26.2 Å². The minimum Gasteiger partial charge on any atom is -0.481 e. The number of nitrogens with two attached hydrogens (primary N) is 1. The first-order chi connectivity index (χ1) is 6.51. The molecule has 0 amide bonds. The molecular weight excluding hydrogens is 204 g/mol. The first-order valence-electron chi connectivity index (χ1n) is 4.04. The van der Waals surface area contributed by atoms with Gasteiger partial charge in [-0.25, -0.2) is 8.42 Å². The normalized spacial score (nSPS) is 11.3. The lowest BCUT2D eigenvalue weighted by molar-refractivity contribution is 0.394. The minimum absolute atomic E-state index is 0.0304. The van der Waals surface area contributed by atoms with Crippen molar-refractivity contribution < 1.29 is 13.2 Å². The fraction of sp³-hybridized carbons (Fsp3) is 0.375. The Labute approximate surface area is 82.8 Å². The molecule has 0 saturated heterocycles. The third kappa shape index (κ3) is 1.95. The van der Waals surface area contributed by atoms with E-state index >= 15 is 0 Å². The second-order valence-electron chi connectivity index (χ2n) is 2.65. The molecule has 1 rings (SSSR count). The van der Waals surface area contributed by atoms with Gasteiger partial charge in [0.05, 0.1) is 18.6 Å². The highest BCUT2D eigenvalue weighted by atomic mass is 32.2. The number of aromatic nitrogens is 1. The van der Waals surface area contributed by atoms with Crippen LogP contribution in [0.5, 0.6) is 5.88 Å². The number of rotatable bonds is 3. The van der Waals surface area contributed by atoms with Crippen molar-refractivity contribution in [3.05, 3.63) is 12.1 Å². The Kier molecular flexibility index (Phi) is 2.95. The van der Waals surface area contributed by atoms with E-state index < -0.39 is 9.84 Å². The molecule has 0 aliphatic heterocycles. The van der Waals surface area contributed by atoms with Crippen molar-refractivity contribution in [2.75, 3.05) is 18.6 Å². The molecule has 0 saturated carbocycles. The van der Waals surface area contributed by atoms with Crippen LogP contribution in [0.4, 0.5) is 5.69 Å². The molecule has 1 aromatic rings. The lowest BCUT2D eigenvalue weighted by Gasteiger charge is -2.05. The van der Waals surface area contributed by atoms with E-state index in [-0.39, 0.29) is 22.3 Å². The highest BCUT2D eigenvalue weighted by molar-refractivity contribution is 7.91. The maximum Gasteiger partial charge on any atom is 0.214 e. The molecule has 5 nitrogen and oxygen atoms in total. The monoisotopic (exact) mass is 216 g/mol. The molecule has 0 radical (unpaired) electrons. The van der Waals surface area contributed by atoms with Crippen LogP contribution in [0.1, 0.15) is 6.92 Å². The van der Waals surface area contributed by atoms with Gasteiger partial charge in [0.15, 0.2) is 14.9 Å². The number of hydrogen-bond donors (Lipinski definition) is 1. The van der Waals surface area contributed by atoms with E-state index in [0.29, 0.717) is 0 Å². The molecule has 0 aliphatic rings. The number of nitrogens with zero attached hydrogens (tertiary/aromatic N) is 1. The Bertz CT molecular complexity index is 428. The van der Waals surface area contributed by atoms with E-state index in [0.717, 1.165) is 0 Å². The van der Waals surface area contributed by atoms with Crippen LogP contribution in [0, 0.1) is 0 Å². The molecule has 1 aromatic heterocycles. The van der Waals surface area contributed by atoms with Crippen LogP contribution < -0.4 is 10.5 Å². The summed E-state index contributed by atoms with van der Waals surface area (Å²) >= 11 is 0. The summed E-state index contributed by atoms with van der Waals surface area (Å²) < 4.78 is 27.8. The van der Waals surface area contributed by atoms with Crippen molar-refractivity contribution >= 4 is 15.5 Å². The second kappa shape index (κ2) is 3.83. The van der Waals surface area contributed by atoms with Gasteiger partial charge in [-0.05, 0) is 6.07 Å². The van der Waals surface area contributed by atoms with Gasteiger partial charge >= 0.3 is 0 Å². The molecule has 0 fully saturated rings. The maximum atomic E-state index is 11.5. The number of hydrogen-bond acceptors (Lipinski definition) is 5. The predicted octanol–water partition coefficient (Wildman–Crippen LogP) is 0.466. The number of anilines is 1. The summed E-state index contributed by atoms with van der Waals surface area (Å²) in [5.41, 5.74) is 5.65. The Morgan fingerprint density at radius 2 is 2.14 bits per heavy atom. The number of pyridine rings is 1. The summed E-state index contributed by atoms with van der Waals surface area (Å²) in [5, 5.41) is -0.112. The van der Waals surface area contributed by atoms with E-state index in [2.05, 4.69) is 4.98 Å². The zero-order chi connectivity index (χ0) is 10.8. The molecule has 0 bridgehead atoms. The molecule has 0 aromatic carbocycles. The van der Waals surface area contributed by atoms with Gasteiger partial charge in [0, 0.05) is 6.07 Å². The lowest BCUT2D eigenvalue weighted by Crippen LogP contribution is -2.10. The third-order valence-electron chi connectivity index (χ3n) is 1.75. The number of ether oxygens (including phenoxy) is 1. The molecule has 0 atom stereocenters. The fourth-order valence-corrected chi connectivity index (χ4v) is 1.86. The molecule has 78 valence electrons.